The minimum atomic E-state index is -0.309. The van der Waals surface area contributed by atoms with Crippen molar-refractivity contribution in [1.82, 2.24) is 5.32 Å². The van der Waals surface area contributed by atoms with Gasteiger partial charge in [-0.1, -0.05) is 12.1 Å². The first-order chi connectivity index (χ1) is 6.63. The molecule has 0 saturated carbocycles. The third-order valence-corrected chi connectivity index (χ3v) is 1.91. The molecule has 0 saturated heterocycles. The first-order valence-electron chi connectivity index (χ1n) is 4.38. The fraction of sp³-hybridized carbons (Fsp3) is 0.300. The molecule has 1 aromatic rings. The van der Waals surface area contributed by atoms with Crippen LogP contribution in [0.4, 0.5) is 4.39 Å². The van der Waals surface area contributed by atoms with Crippen molar-refractivity contribution < 1.29 is 9.18 Å². The summed E-state index contributed by atoms with van der Waals surface area (Å²) in [6.07, 6.45) is 0. The zero-order chi connectivity index (χ0) is 10.6. The molecular formula is C10H13FN2O. The van der Waals surface area contributed by atoms with Crippen LogP contribution in [0.2, 0.25) is 0 Å². The Bertz CT molecular complexity index is 328. The third kappa shape index (κ3) is 2.81. The summed E-state index contributed by atoms with van der Waals surface area (Å²) in [5, 5.41) is 2.64. The van der Waals surface area contributed by atoms with Gasteiger partial charge in [-0.15, -0.1) is 0 Å². The minimum Gasteiger partial charge on any atom is -0.348 e. The van der Waals surface area contributed by atoms with Gasteiger partial charge in [0.05, 0.1) is 12.6 Å². The predicted octanol–water partition coefficient (Wildman–Crippen LogP) is 0.962. The van der Waals surface area contributed by atoms with E-state index < -0.39 is 0 Å². The quantitative estimate of drug-likeness (QED) is 0.756. The van der Waals surface area contributed by atoms with Gasteiger partial charge in [-0.2, -0.15) is 0 Å². The Hall–Kier alpha value is -1.42. The molecule has 0 spiro atoms. The van der Waals surface area contributed by atoms with Crippen molar-refractivity contribution in [1.29, 1.82) is 0 Å². The number of nitrogens with two attached hydrogens (primary N) is 1. The second-order valence-electron chi connectivity index (χ2n) is 3.05. The van der Waals surface area contributed by atoms with E-state index in [0.29, 0.717) is 0 Å². The molecule has 4 heteroatoms. The number of hydrogen-bond donors (Lipinski definition) is 2. The first-order valence-corrected chi connectivity index (χ1v) is 4.38. The van der Waals surface area contributed by atoms with Gasteiger partial charge < -0.3 is 11.1 Å². The van der Waals surface area contributed by atoms with E-state index >= 15 is 0 Å². The lowest BCUT2D eigenvalue weighted by Gasteiger charge is -2.13. The van der Waals surface area contributed by atoms with E-state index in [-0.39, 0.29) is 24.3 Å². The second kappa shape index (κ2) is 4.72. The number of halogens is 1. The van der Waals surface area contributed by atoms with Crippen LogP contribution < -0.4 is 11.1 Å². The van der Waals surface area contributed by atoms with E-state index in [1.807, 2.05) is 0 Å². The van der Waals surface area contributed by atoms with Gasteiger partial charge in [0.15, 0.2) is 0 Å². The maximum atomic E-state index is 12.8. The Labute approximate surface area is 82.1 Å². The highest BCUT2D eigenvalue weighted by atomic mass is 19.1. The van der Waals surface area contributed by atoms with E-state index in [1.54, 1.807) is 19.1 Å². The van der Waals surface area contributed by atoms with Gasteiger partial charge in [-0.25, -0.2) is 4.39 Å². The molecule has 0 heterocycles. The van der Waals surface area contributed by atoms with Crippen LogP contribution in [0.5, 0.6) is 0 Å². The maximum Gasteiger partial charge on any atom is 0.234 e. The highest BCUT2D eigenvalue weighted by molar-refractivity contribution is 5.78. The van der Waals surface area contributed by atoms with E-state index in [0.717, 1.165) is 5.56 Å². The summed E-state index contributed by atoms with van der Waals surface area (Å²) >= 11 is 0. The van der Waals surface area contributed by atoms with E-state index in [1.165, 1.54) is 12.1 Å². The van der Waals surface area contributed by atoms with Crippen molar-refractivity contribution in [2.45, 2.75) is 13.0 Å². The van der Waals surface area contributed by atoms with Gasteiger partial charge in [0.1, 0.15) is 5.82 Å². The largest absolute Gasteiger partial charge is 0.348 e. The van der Waals surface area contributed by atoms with E-state index in [9.17, 15) is 9.18 Å². The number of amides is 1. The number of nitrogens with one attached hydrogen (secondary N) is 1. The molecule has 76 valence electrons. The van der Waals surface area contributed by atoms with Crippen LogP contribution in [-0.2, 0) is 4.79 Å². The zero-order valence-corrected chi connectivity index (χ0v) is 7.96. The molecule has 0 aliphatic rings. The Kier molecular flexibility index (Phi) is 3.59. The first kappa shape index (κ1) is 10.7. The molecule has 3 N–H and O–H groups in total. The molecule has 0 aliphatic carbocycles. The second-order valence-corrected chi connectivity index (χ2v) is 3.05. The predicted molar refractivity (Wildman–Crippen MR) is 52.0 cm³/mol. The molecule has 1 rings (SSSR count). The van der Waals surface area contributed by atoms with E-state index in [4.69, 9.17) is 5.73 Å². The Balaban J connectivity index is 2.69. The maximum absolute atomic E-state index is 12.8. The average Bonchev–Trinajstić information content (AvgIpc) is 2.17. The number of benzene rings is 1. The average molecular weight is 196 g/mol. The zero-order valence-electron chi connectivity index (χ0n) is 7.96. The van der Waals surface area contributed by atoms with Crippen molar-refractivity contribution in [2.75, 3.05) is 6.54 Å². The van der Waals surface area contributed by atoms with Gasteiger partial charge in [-0.05, 0) is 24.6 Å². The summed E-state index contributed by atoms with van der Waals surface area (Å²) in [6.45, 7) is 1.72. The van der Waals surface area contributed by atoms with Crippen LogP contribution in [0.1, 0.15) is 18.5 Å². The van der Waals surface area contributed by atoms with Crippen LogP contribution in [0, 0.1) is 5.82 Å². The van der Waals surface area contributed by atoms with Crippen LogP contribution in [0.3, 0.4) is 0 Å². The summed E-state index contributed by atoms with van der Waals surface area (Å²) in [5.41, 5.74) is 5.87. The SMILES string of the molecule is C[C@@H](NC(=O)CN)c1cccc(F)c1. The minimum absolute atomic E-state index is 0.0559. The van der Waals surface area contributed by atoms with Gasteiger partial charge in [0.2, 0.25) is 5.91 Å². The lowest BCUT2D eigenvalue weighted by molar-refractivity contribution is -0.120. The topological polar surface area (TPSA) is 55.1 Å². The smallest absolute Gasteiger partial charge is 0.234 e. The molecule has 1 aromatic carbocycles. The monoisotopic (exact) mass is 196 g/mol. The lowest BCUT2D eigenvalue weighted by Crippen LogP contribution is -2.32. The normalized spacial score (nSPS) is 12.2. The lowest BCUT2D eigenvalue weighted by atomic mass is 10.1. The van der Waals surface area contributed by atoms with Crippen LogP contribution in [0.25, 0.3) is 0 Å². The van der Waals surface area contributed by atoms with Gasteiger partial charge >= 0.3 is 0 Å². The van der Waals surface area contributed by atoms with Crippen LogP contribution in [-0.4, -0.2) is 12.5 Å². The highest BCUT2D eigenvalue weighted by Crippen LogP contribution is 2.12. The summed E-state index contributed by atoms with van der Waals surface area (Å²) in [6, 6.07) is 5.89. The molecular weight excluding hydrogens is 183 g/mol. The number of carbonyl (C=O) groups is 1. The Morgan fingerprint density at radius 3 is 2.93 bits per heavy atom. The molecule has 0 aliphatic heterocycles. The molecule has 1 atom stereocenters. The van der Waals surface area contributed by atoms with Crippen LogP contribution >= 0.6 is 0 Å². The van der Waals surface area contributed by atoms with Gasteiger partial charge in [0, 0.05) is 0 Å². The standard InChI is InChI=1S/C10H13FN2O/c1-7(13-10(14)6-12)8-3-2-4-9(11)5-8/h2-5,7H,6,12H2,1H3,(H,13,14)/t7-/m1/s1. The fourth-order valence-electron chi connectivity index (χ4n) is 1.16. The summed E-state index contributed by atoms with van der Waals surface area (Å²) in [5.74, 6) is -0.557. The van der Waals surface area contributed by atoms with Crippen molar-refractivity contribution in [3.05, 3.63) is 35.6 Å². The Morgan fingerprint density at radius 2 is 2.36 bits per heavy atom. The molecule has 14 heavy (non-hydrogen) atoms. The molecule has 0 bridgehead atoms. The molecule has 0 aromatic heterocycles. The van der Waals surface area contributed by atoms with Crippen molar-refractivity contribution in [3.63, 3.8) is 0 Å². The number of hydrogen-bond acceptors (Lipinski definition) is 2. The number of rotatable bonds is 3. The Morgan fingerprint density at radius 1 is 1.64 bits per heavy atom. The van der Waals surface area contributed by atoms with Crippen molar-refractivity contribution in [2.24, 2.45) is 5.73 Å². The number of carbonyl (C=O) groups excluding carboxylic acids is 1. The van der Waals surface area contributed by atoms with Gasteiger partial charge in [0.25, 0.3) is 0 Å². The summed E-state index contributed by atoms with van der Waals surface area (Å²) < 4.78 is 12.8. The molecule has 0 fully saturated rings. The van der Waals surface area contributed by atoms with Crippen LogP contribution in [0.15, 0.2) is 24.3 Å². The third-order valence-electron chi connectivity index (χ3n) is 1.91. The van der Waals surface area contributed by atoms with Crippen molar-refractivity contribution in [3.8, 4) is 0 Å². The summed E-state index contributed by atoms with van der Waals surface area (Å²) in [4.78, 5) is 11.0. The molecule has 0 radical (unpaired) electrons. The molecule has 0 unspecified atom stereocenters. The highest BCUT2D eigenvalue weighted by Gasteiger charge is 2.08. The van der Waals surface area contributed by atoms with Gasteiger partial charge in [-0.3, -0.25) is 4.79 Å². The molecule has 3 nitrogen and oxygen atoms in total. The molecule has 1 amide bonds. The van der Waals surface area contributed by atoms with E-state index in [2.05, 4.69) is 5.32 Å². The summed E-state index contributed by atoms with van der Waals surface area (Å²) in [7, 11) is 0. The van der Waals surface area contributed by atoms with Crippen molar-refractivity contribution >= 4 is 5.91 Å². The fourth-order valence-corrected chi connectivity index (χ4v) is 1.16.